The number of nitrogens with one attached hydrogen (secondary N) is 1. The molecule has 0 amide bonds. The highest BCUT2D eigenvalue weighted by Gasteiger charge is 2.07. The third kappa shape index (κ3) is 11.8. The van der Waals surface area contributed by atoms with E-state index in [1.807, 2.05) is 0 Å². The maximum atomic E-state index is 8.63. The third-order valence-corrected chi connectivity index (χ3v) is 2.35. The largest absolute Gasteiger partial charge is 0.451 e. The van der Waals surface area contributed by atoms with E-state index in [1.165, 1.54) is 0 Å². The molecule has 1 atom stereocenters. The Balaban J connectivity index is 3.22. The van der Waals surface area contributed by atoms with Crippen molar-refractivity contribution in [1.29, 1.82) is 0 Å². The van der Waals surface area contributed by atoms with Crippen molar-refractivity contribution < 1.29 is 10.0 Å². The summed E-state index contributed by atoms with van der Waals surface area (Å²) in [6.45, 7) is 5.20. The minimum absolute atomic E-state index is 0.229. The molecule has 0 aromatic heterocycles. The molecule has 15 heavy (non-hydrogen) atoms. The van der Waals surface area contributed by atoms with Crippen LogP contribution in [0, 0.1) is 0 Å². The Morgan fingerprint density at radius 3 is 2.40 bits per heavy atom. The molecular weight excluding hydrogens is 191 g/mol. The standard InChI is InChI=1S/C10H25BN2O2/c1-9(2)13-8-6-10(12)5-3-4-7-11(14)15/h9-10,13-15H,3-8,12H2,1-2H3/t10-/m1/s1. The number of hydrogen-bond acceptors (Lipinski definition) is 4. The van der Waals surface area contributed by atoms with Gasteiger partial charge in [-0.05, 0) is 25.7 Å². The van der Waals surface area contributed by atoms with Crippen LogP contribution in [-0.2, 0) is 0 Å². The molecule has 5 heteroatoms. The zero-order valence-corrected chi connectivity index (χ0v) is 9.95. The lowest BCUT2D eigenvalue weighted by atomic mass is 9.83. The first-order chi connectivity index (χ1) is 7.02. The van der Waals surface area contributed by atoms with E-state index < -0.39 is 7.12 Å². The van der Waals surface area contributed by atoms with E-state index in [0.29, 0.717) is 12.4 Å². The van der Waals surface area contributed by atoms with E-state index in [9.17, 15) is 0 Å². The minimum atomic E-state index is -1.16. The molecule has 0 radical (unpaired) electrons. The first kappa shape index (κ1) is 14.9. The zero-order valence-electron chi connectivity index (χ0n) is 9.95. The average Bonchev–Trinajstić information content (AvgIpc) is 2.11. The van der Waals surface area contributed by atoms with E-state index in [4.69, 9.17) is 15.8 Å². The highest BCUT2D eigenvalue weighted by atomic mass is 16.4. The smallest absolute Gasteiger partial charge is 0.427 e. The monoisotopic (exact) mass is 216 g/mol. The van der Waals surface area contributed by atoms with Crippen molar-refractivity contribution in [2.75, 3.05) is 6.54 Å². The second-order valence-corrected chi connectivity index (χ2v) is 4.42. The van der Waals surface area contributed by atoms with E-state index in [2.05, 4.69) is 19.2 Å². The molecule has 0 aromatic rings. The molecule has 4 nitrogen and oxygen atoms in total. The highest BCUT2D eigenvalue weighted by Crippen LogP contribution is 2.05. The van der Waals surface area contributed by atoms with Gasteiger partial charge < -0.3 is 21.1 Å². The van der Waals surface area contributed by atoms with Crippen molar-refractivity contribution in [2.24, 2.45) is 5.73 Å². The summed E-state index contributed by atoms with van der Waals surface area (Å²) in [6, 6.07) is 0.744. The van der Waals surface area contributed by atoms with Crippen LogP contribution in [0.5, 0.6) is 0 Å². The van der Waals surface area contributed by atoms with Crippen LogP contribution >= 0.6 is 0 Å². The summed E-state index contributed by atoms with van der Waals surface area (Å²) in [5, 5.41) is 20.6. The summed E-state index contributed by atoms with van der Waals surface area (Å²) in [4.78, 5) is 0. The van der Waals surface area contributed by atoms with Crippen LogP contribution in [0.15, 0.2) is 0 Å². The molecule has 0 rings (SSSR count). The van der Waals surface area contributed by atoms with Gasteiger partial charge in [-0.1, -0.05) is 26.7 Å². The fourth-order valence-electron chi connectivity index (χ4n) is 1.44. The Morgan fingerprint density at radius 2 is 1.87 bits per heavy atom. The van der Waals surface area contributed by atoms with Crippen molar-refractivity contribution >= 4 is 7.12 Å². The Bertz CT molecular complexity index is 145. The molecule has 0 saturated carbocycles. The average molecular weight is 216 g/mol. The van der Waals surface area contributed by atoms with Crippen LogP contribution in [0.2, 0.25) is 6.32 Å². The summed E-state index contributed by atoms with van der Waals surface area (Å²) in [7, 11) is -1.16. The lowest BCUT2D eigenvalue weighted by Crippen LogP contribution is -2.30. The van der Waals surface area contributed by atoms with Gasteiger partial charge in [-0.25, -0.2) is 0 Å². The lowest BCUT2D eigenvalue weighted by molar-refractivity contribution is 0.400. The third-order valence-electron chi connectivity index (χ3n) is 2.35. The Morgan fingerprint density at radius 1 is 1.20 bits per heavy atom. The molecule has 0 aliphatic rings. The molecule has 0 spiro atoms. The van der Waals surface area contributed by atoms with Crippen LogP contribution in [0.4, 0.5) is 0 Å². The zero-order chi connectivity index (χ0) is 11.7. The summed E-state index contributed by atoms with van der Waals surface area (Å²) >= 11 is 0. The number of hydrogen-bond donors (Lipinski definition) is 4. The molecule has 0 heterocycles. The van der Waals surface area contributed by atoms with Gasteiger partial charge in [-0.15, -0.1) is 0 Å². The van der Waals surface area contributed by atoms with Crippen molar-refractivity contribution in [3.63, 3.8) is 0 Å². The Labute approximate surface area is 93.4 Å². The van der Waals surface area contributed by atoms with Crippen LogP contribution in [-0.4, -0.2) is 35.8 Å². The van der Waals surface area contributed by atoms with Crippen molar-refractivity contribution in [3.05, 3.63) is 0 Å². The second kappa shape index (κ2) is 9.15. The number of rotatable bonds is 9. The molecular formula is C10H25BN2O2. The van der Waals surface area contributed by atoms with Crippen molar-refractivity contribution in [3.8, 4) is 0 Å². The molecule has 90 valence electrons. The number of nitrogens with two attached hydrogens (primary N) is 1. The Hall–Kier alpha value is -0.0951. The first-order valence-corrected chi connectivity index (χ1v) is 5.87. The van der Waals surface area contributed by atoms with Crippen LogP contribution in [0.25, 0.3) is 0 Å². The topological polar surface area (TPSA) is 78.5 Å². The number of unbranched alkanes of at least 4 members (excludes halogenated alkanes) is 1. The molecule has 0 bridgehead atoms. The summed E-state index contributed by atoms with van der Waals surface area (Å²) < 4.78 is 0. The van der Waals surface area contributed by atoms with E-state index >= 15 is 0 Å². The van der Waals surface area contributed by atoms with Gasteiger partial charge in [0.1, 0.15) is 0 Å². The van der Waals surface area contributed by atoms with Crippen LogP contribution < -0.4 is 11.1 Å². The molecule has 5 N–H and O–H groups in total. The van der Waals surface area contributed by atoms with Crippen molar-refractivity contribution in [2.45, 2.75) is 57.9 Å². The second-order valence-electron chi connectivity index (χ2n) is 4.42. The maximum Gasteiger partial charge on any atom is 0.451 e. The van der Waals surface area contributed by atoms with Gasteiger partial charge in [0.15, 0.2) is 0 Å². The van der Waals surface area contributed by atoms with Gasteiger partial charge >= 0.3 is 7.12 Å². The van der Waals surface area contributed by atoms with Crippen LogP contribution in [0.1, 0.15) is 39.5 Å². The molecule has 0 aliphatic carbocycles. The SMILES string of the molecule is CC(C)NCC[C@H](N)CCCCB(O)O. The normalized spacial score (nSPS) is 13.2. The molecule has 0 unspecified atom stereocenters. The Kier molecular flexibility index (Phi) is 9.10. The highest BCUT2D eigenvalue weighted by molar-refractivity contribution is 6.40. The van der Waals surface area contributed by atoms with Crippen molar-refractivity contribution in [1.82, 2.24) is 5.32 Å². The molecule has 0 aliphatic heterocycles. The van der Waals surface area contributed by atoms with Crippen LogP contribution in [0.3, 0.4) is 0 Å². The molecule has 0 aromatic carbocycles. The van der Waals surface area contributed by atoms with Gasteiger partial charge in [-0.2, -0.15) is 0 Å². The van der Waals surface area contributed by atoms with Gasteiger partial charge in [0.2, 0.25) is 0 Å². The fraction of sp³-hybridized carbons (Fsp3) is 1.00. The lowest BCUT2D eigenvalue weighted by Gasteiger charge is -2.13. The maximum absolute atomic E-state index is 8.63. The molecule has 0 fully saturated rings. The fourth-order valence-corrected chi connectivity index (χ4v) is 1.44. The van der Waals surface area contributed by atoms with E-state index in [0.717, 1.165) is 32.2 Å². The predicted molar refractivity (Wildman–Crippen MR) is 64.6 cm³/mol. The first-order valence-electron chi connectivity index (χ1n) is 5.87. The van der Waals surface area contributed by atoms with Gasteiger partial charge in [0, 0.05) is 12.1 Å². The van der Waals surface area contributed by atoms with Gasteiger partial charge in [-0.3, -0.25) is 0 Å². The summed E-state index contributed by atoms with van der Waals surface area (Å²) in [5.41, 5.74) is 5.91. The quantitative estimate of drug-likeness (QED) is 0.331. The summed E-state index contributed by atoms with van der Waals surface area (Å²) in [5.74, 6) is 0. The minimum Gasteiger partial charge on any atom is -0.427 e. The van der Waals surface area contributed by atoms with E-state index in [-0.39, 0.29) is 6.04 Å². The summed E-state index contributed by atoms with van der Waals surface area (Å²) in [6.07, 6.45) is 4.22. The van der Waals surface area contributed by atoms with E-state index in [1.54, 1.807) is 0 Å². The predicted octanol–water partition coefficient (Wildman–Crippen LogP) is 0.345. The van der Waals surface area contributed by atoms with Gasteiger partial charge in [0.05, 0.1) is 0 Å². The van der Waals surface area contributed by atoms with Gasteiger partial charge in [0.25, 0.3) is 0 Å². The molecule has 0 saturated heterocycles.